The molecule has 0 aliphatic carbocycles. The summed E-state index contributed by atoms with van der Waals surface area (Å²) in [5.74, 6) is 0.552. The molecule has 2 heterocycles. The summed E-state index contributed by atoms with van der Waals surface area (Å²) >= 11 is 0. The number of nitro groups is 1. The number of nitro benzene ring substituents is 1. The Morgan fingerprint density at radius 3 is 2.80 bits per heavy atom. The van der Waals surface area contributed by atoms with Gasteiger partial charge in [-0.3, -0.25) is 14.9 Å². The van der Waals surface area contributed by atoms with Crippen molar-refractivity contribution >= 4 is 17.0 Å². The molecular weight excluding hydrogens is 318 g/mol. The van der Waals surface area contributed by atoms with Gasteiger partial charge in [-0.25, -0.2) is 4.98 Å². The summed E-state index contributed by atoms with van der Waals surface area (Å²) in [4.78, 5) is 28.1. The van der Waals surface area contributed by atoms with Gasteiger partial charge in [-0.1, -0.05) is 25.5 Å². The van der Waals surface area contributed by atoms with Crippen LogP contribution in [-0.2, 0) is 6.42 Å². The van der Waals surface area contributed by atoms with E-state index >= 15 is 0 Å². The number of unbranched alkanes of at least 4 members (excludes halogenated alkanes) is 1. The Hall–Kier alpha value is -3.02. The summed E-state index contributed by atoms with van der Waals surface area (Å²) in [7, 11) is 0. The molecule has 3 aromatic rings. The lowest BCUT2D eigenvalue weighted by atomic mass is 10.0. The average molecular weight is 337 g/mol. The van der Waals surface area contributed by atoms with Crippen molar-refractivity contribution in [3.8, 4) is 0 Å². The molecule has 0 saturated heterocycles. The summed E-state index contributed by atoms with van der Waals surface area (Å²) in [6, 6.07) is 9.94. The first kappa shape index (κ1) is 16.8. The van der Waals surface area contributed by atoms with Gasteiger partial charge in [0.05, 0.1) is 10.4 Å². The lowest BCUT2D eigenvalue weighted by Crippen LogP contribution is -2.06. The third-order valence-corrected chi connectivity index (χ3v) is 4.27. The van der Waals surface area contributed by atoms with E-state index in [1.54, 1.807) is 13.0 Å². The molecule has 2 aromatic heterocycles. The smallest absolute Gasteiger partial charge is 0.270 e. The van der Waals surface area contributed by atoms with E-state index in [0.717, 1.165) is 30.6 Å². The number of aromatic nitrogens is 2. The van der Waals surface area contributed by atoms with E-state index in [-0.39, 0.29) is 11.5 Å². The van der Waals surface area contributed by atoms with E-state index in [2.05, 4.69) is 11.9 Å². The molecule has 0 saturated carbocycles. The molecule has 0 aliphatic rings. The third-order valence-electron chi connectivity index (χ3n) is 4.27. The summed E-state index contributed by atoms with van der Waals surface area (Å²) < 4.78 is 1.93. The van der Waals surface area contributed by atoms with E-state index in [1.165, 1.54) is 12.1 Å². The maximum absolute atomic E-state index is 13.0. The molecule has 3 rings (SSSR count). The second-order valence-electron chi connectivity index (χ2n) is 6.02. The number of benzene rings is 1. The lowest BCUT2D eigenvalue weighted by Gasteiger charge is -2.03. The fourth-order valence-corrected chi connectivity index (χ4v) is 2.88. The monoisotopic (exact) mass is 337 g/mol. The largest absolute Gasteiger partial charge is 0.303 e. The Morgan fingerprint density at radius 1 is 1.28 bits per heavy atom. The normalized spacial score (nSPS) is 11.0. The first-order chi connectivity index (χ1) is 12.0. The van der Waals surface area contributed by atoms with Crippen molar-refractivity contribution in [2.45, 2.75) is 33.1 Å². The van der Waals surface area contributed by atoms with Crippen LogP contribution in [0.5, 0.6) is 0 Å². The van der Waals surface area contributed by atoms with Crippen LogP contribution in [0.25, 0.3) is 5.52 Å². The number of carbonyl (C=O) groups excluding carboxylic acids is 1. The molecule has 6 nitrogen and oxygen atoms in total. The molecule has 128 valence electrons. The Balaban J connectivity index is 2.12. The number of pyridine rings is 1. The van der Waals surface area contributed by atoms with Crippen LogP contribution in [0.1, 0.15) is 47.2 Å². The summed E-state index contributed by atoms with van der Waals surface area (Å²) in [6.07, 6.45) is 4.69. The van der Waals surface area contributed by atoms with Crippen molar-refractivity contribution in [2.24, 2.45) is 0 Å². The van der Waals surface area contributed by atoms with Gasteiger partial charge >= 0.3 is 0 Å². The van der Waals surface area contributed by atoms with E-state index in [4.69, 9.17) is 0 Å². The van der Waals surface area contributed by atoms with Crippen LogP contribution in [0.4, 0.5) is 5.69 Å². The van der Waals surface area contributed by atoms with Gasteiger partial charge in [0.25, 0.3) is 5.69 Å². The molecule has 0 bridgehead atoms. The quantitative estimate of drug-likeness (QED) is 0.385. The molecule has 0 atom stereocenters. The minimum atomic E-state index is -0.492. The van der Waals surface area contributed by atoms with Crippen molar-refractivity contribution in [1.82, 2.24) is 9.38 Å². The number of fused-ring (bicyclic) bond motifs is 1. The SMILES string of the molecule is CCCCc1nc(C(=O)c2cc([N+](=O)[O-])ccc2C)c2ccccn12. The van der Waals surface area contributed by atoms with E-state index < -0.39 is 4.92 Å². The topological polar surface area (TPSA) is 77.5 Å². The lowest BCUT2D eigenvalue weighted by molar-refractivity contribution is -0.384. The molecule has 0 radical (unpaired) electrons. The standard InChI is InChI=1S/C19H19N3O3/c1-3-4-8-17-20-18(16-7-5-6-11-21(16)17)19(23)15-12-14(22(24)25)10-9-13(15)2/h5-7,9-12H,3-4,8H2,1-2H3. The van der Waals surface area contributed by atoms with Gasteiger partial charge in [0.15, 0.2) is 0 Å². The van der Waals surface area contributed by atoms with Crippen LogP contribution >= 0.6 is 0 Å². The predicted octanol–water partition coefficient (Wildman–Crippen LogP) is 4.12. The van der Waals surface area contributed by atoms with Gasteiger partial charge < -0.3 is 4.40 Å². The minimum absolute atomic E-state index is 0.0938. The van der Waals surface area contributed by atoms with Gasteiger partial charge in [0.2, 0.25) is 5.78 Å². The first-order valence-electron chi connectivity index (χ1n) is 8.28. The van der Waals surface area contributed by atoms with Gasteiger partial charge in [0, 0.05) is 30.3 Å². The van der Waals surface area contributed by atoms with Crippen LogP contribution in [-0.4, -0.2) is 20.1 Å². The van der Waals surface area contributed by atoms with Crippen LogP contribution < -0.4 is 0 Å². The molecule has 0 unspecified atom stereocenters. The zero-order valence-corrected chi connectivity index (χ0v) is 14.2. The van der Waals surface area contributed by atoms with Gasteiger partial charge in [-0.05, 0) is 31.0 Å². The highest BCUT2D eigenvalue weighted by Gasteiger charge is 2.22. The van der Waals surface area contributed by atoms with Gasteiger partial charge in [0.1, 0.15) is 11.5 Å². The Morgan fingerprint density at radius 2 is 2.08 bits per heavy atom. The van der Waals surface area contributed by atoms with Crippen LogP contribution in [0.15, 0.2) is 42.6 Å². The van der Waals surface area contributed by atoms with Crippen LogP contribution in [0, 0.1) is 17.0 Å². The number of imidazole rings is 1. The number of aryl methyl sites for hydroxylation is 2. The summed E-state index contributed by atoms with van der Waals surface area (Å²) in [5, 5.41) is 11.0. The highest BCUT2D eigenvalue weighted by Crippen LogP contribution is 2.23. The predicted molar refractivity (Wildman–Crippen MR) is 95.1 cm³/mol. The highest BCUT2D eigenvalue weighted by atomic mass is 16.6. The molecule has 0 aliphatic heterocycles. The Bertz CT molecular complexity index is 960. The van der Waals surface area contributed by atoms with Crippen LogP contribution in [0.3, 0.4) is 0 Å². The zero-order valence-electron chi connectivity index (χ0n) is 14.2. The Labute approximate surface area is 145 Å². The van der Waals surface area contributed by atoms with E-state index in [0.29, 0.717) is 16.8 Å². The first-order valence-corrected chi connectivity index (χ1v) is 8.28. The minimum Gasteiger partial charge on any atom is -0.303 e. The second kappa shape index (κ2) is 6.84. The van der Waals surface area contributed by atoms with E-state index in [1.807, 2.05) is 28.8 Å². The third kappa shape index (κ3) is 3.15. The average Bonchev–Trinajstić information content (AvgIpc) is 2.98. The number of hydrogen-bond donors (Lipinski definition) is 0. The van der Waals surface area contributed by atoms with Crippen molar-refractivity contribution in [2.75, 3.05) is 0 Å². The number of non-ortho nitro benzene ring substituents is 1. The molecule has 0 spiro atoms. The Kier molecular flexibility index (Phi) is 4.61. The van der Waals surface area contributed by atoms with Gasteiger partial charge in [-0.2, -0.15) is 0 Å². The highest BCUT2D eigenvalue weighted by molar-refractivity contribution is 6.13. The molecule has 0 amide bonds. The summed E-state index contributed by atoms with van der Waals surface area (Å²) in [5.41, 5.74) is 1.99. The molecule has 0 N–H and O–H groups in total. The maximum Gasteiger partial charge on any atom is 0.270 e. The number of carbonyl (C=O) groups is 1. The fourth-order valence-electron chi connectivity index (χ4n) is 2.88. The number of nitrogens with zero attached hydrogens (tertiary/aromatic N) is 3. The molecule has 1 aromatic carbocycles. The van der Waals surface area contributed by atoms with Gasteiger partial charge in [-0.15, -0.1) is 0 Å². The second-order valence-corrected chi connectivity index (χ2v) is 6.02. The molecular formula is C19H19N3O3. The number of hydrogen-bond acceptors (Lipinski definition) is 4. The van der Waals surface area contributed by atoms with Crippen molar-refractivity contribution in [3.63, 3.8) is 0 Å². The van der Waals surface area contributed by atoms with Crippen LogP contribution in [0.2, 0.25) is 0 Å². The molecule has 25 heavy (non-hydrogen) atoms. The fraction of sp³-hybridized carbons (Fsp3) is 0.263. The number of ketones is 1. The molecule has 0 fully saturated rings. The van der Waals surface area contributed by atoms with Crippen molar-refractivity contribution in [3.05, 3.63) is 75.4 Å². The summed E-state index contributed by atoms with van der Waals surface area (Å²) in [6.45, 7) is 3.88. The zero-order chi connectivity index (χ0) is 18.0. The van der Waals surface area contributed by atoms with E-state index in [9.17, 15) is 14.9 Å². The number of rotatable bonds is 6. The van der Waals surface area contributed by atoms with Crippen molar-refractivity contribution < 1.29 is 9.72 Å². The van der Waals surface area contributed by atoms with Crippen molar-refractivity contribution in [1.29, 1.82) is 0 Å². The maximum atomic E-state index is 13.0. The molecule has 6 heteroatoms.